The van der Waals surface area contributed by atoms with Crippen LogP contribution >= 0.6 is 17.2 Å². The van der Waals surface area contributed by atoms with Crippen molar-refractivity contribution in [2.45, 2.75) is 60.5 Å². The third-order valence-electron chi connectivity index (χ3n) is 8.45. The molecule has 1 aliphatic carbocycles. The van der Waals surface area contributed by atoms with Crippen LogP contribution in [-0.2, 0) is 0 Å². The Balaban J connectivity index is 2.36. The van der Waals surface area contributed by atoms with Gasteiger partial charge in [0, 0.05) is 0 Å². The van der Waals surface area contributed by atoms with Crippen LogP contribution in [0.3, 0.4) is 0 Å². The van der Waals surface area contributed by atoms with E-state index in [2.05, 4.69) is 128 Å². The first-order valence-corrected chi connectivity index (χ1v) is 14.9. The van der Waals surface area contributed by atoms with Crippen molar-refractivity contribution in [3.63, 3.8) is 0 Å². The summed E-state index contributed by atoms with van der Waals surface area (Å²) in [6, 6.07) is 26.9. The number of halogens is 1. The molecule has 0 unspecified atom stereocenters. The molecule has 0 nitrogen and oxygen atoms in total. The molecule has 2 heteroatoms. The Bertz CT molecular complexity index is 1190. The standard InChI is InChI=1S/C31H36ClP/c1-21-12-9-15-28(18-21)33(32,29-16-10-13-22(2)19-29,30-17-11-14-23(3)20-30)31(8)26(6)24(4)25(5)27(31)7/h9-20H,1-8H3. The van der Waals surface area contributed by atoms with Crippen molar-refractivity contribution in [1.82, 2.24) is 0 Å². The molecule has 0 aromatic heterocycles. The van der Waals surface area contributed by atoms with Gasteiger partial charge in [0.1, 0.15) is 0 Å². The molecule has 0 saturated carbocycles. The van der Waals surface area contributed by atoms with E-state index in [1.54, 1.807) is 0 Å². The van der Waals surface area contributed by atoms with Gasteiger partial charge in [0.2, 0.25) is 0 Å². The van der Waals surface area contributed by atoms with Crippen molar-refractivity contribution in [2.75, 3.05) is 0 Å². The predicted octanol–water partition coefficient (Wildman–Crippen LogP) is 8.04. The van der Waals surface area contributed by atoms with Gasteiger partial charge >= 0.3 is 205 Å². The first-order valence-electron chi connectivity index (χ1n) is 11.8. The molecule has 0 atom stereocenters. The molecule has 0 heterocycles. The summed E-state index contributed by atoms with van der Waals surface area (Å²) in [4.78, 5) is 0. The molecule has 0 amide bonds. The molecule has 0 saturated heterocycles. The average Bonchev–Trinajstić information content (AvgIpc) is 2.95. The van der Waals surface area contributed by atoms with Crippen LogP contribution in [0.25, 0.3) is 0 Å². The third-order valence-corrected chi connectivity index (χ3v) is 17.3. The summed E-state index contributed by atoms with van der Waals surface area (Å²) in [5.41, 5.74) is 9.22. The van der Waals surface area contributed by atoms with Crippen LogP contribution in [0.4, 0.5) is 0 Å². The van der Waals surface area contributed by atoms with Crippen molar-refractivity contribution in [2.24, 2.45) is 0 Å². The fourth-order valence-electron chi connectivity index (χ4n) is 6.09. The number of rotatable bonds is 4. The quantitative estimate of drug-likeness (QED) is 0.335. The molecule has 0 fully saturated rings. The Morgan fingerprint density at radius 3 is 1.12 bits per heavy atom. The molecule has 0 bridgehead atoms. The zero-order valence-electron chi connectivity index (χ0n) is 21.3. The molecule has 3 aromatic rings. The molecule has 172 valence electrons. The van der Waals surface area contributed by atoms with Gasteiger partial charge in [-0.1, -0.05) is 0 Å². The predicted molar refractivity (Wildman–Crippen MR) is 150 cm³/mol. The van der Waals surface area contributed by atoms with Gasteiger partial charge in [-0.15, -0.1) is 0 Å². The Morgan fingerprint density at radius 1 is 0.545 bits per heavy atom. The molecule has 3 aromatic carbocycles. The van der Waals surface area contributed by atoms with Crippen molar-refractivity contribution < 1.29 is 0 Å². The summed E-state index contributed by atoms with van der Waals surface area (Å²) >= 11 is 8.72. The first kappa shape index (κ1) is 24.0. The van der Waals surface area contributed by atoms with Gasteiger partial charge in [-0.05, 0) is 0 Å². The Morgan fingerprint density at radius 2 is 0.848 bits per heavy atom. The maximum absolute atomic E-state index is 8.72. The van der Waals surface area contributed by atoms with E-state index in [4.69, 9.17) is 11.2 Å². The van der Waals surface area contributed by atoms with Gasteiger partial charge in [0.05, 0.1) is 0 Å². The van der Waals surface area contributed by atoms with Crippen molar-refractivity contribution in [3.05, 3.63) is 112 Å². The summed E-state index contributed by atoms with van der Waals surface area (Å²) in [7, 11) is 0. The number of hydrogen-bond acceptors (Lipinski definition) is 0. The molecule has 0 N–H and O–H groups in total. The van der Waals surface area contributed by atoms with Crippen LogP contribution in [0.2, 0.25) is 0 Å². The average molecular weight is 475 g/mol. The molecule has 4 rings (SSSR count). The fraction of sp³-hybridized carbons (Fsp3) is 0.290. The van der Waals surface area contributed by atoms with E-state index >= 15 is 0 Å². The molecule has 33 heavy (non-hydrogen) atoms. The second kappa shape index (κ2) is 7.97. The van der Waals surface area contributed by atoms with Gasteiger partial charge in [-0.25, -0.2) is 0 Å². The van der Waals surface area contributed by atoms with Gasteiger partial charge in [-0.3, -0.25) is 0 Å². The Hall–Kier alpha value is -2.14. The minimum atomic E-state index is -3.60. The molecule has 0 aliphatic heterocycles. The minimum absolute atomic E-state index is 0.350. The number of benzene rings is 3. The van der Waals surface area contributed by atoms with Crippen molar-refractivity contribution in [1.29, 1.82) is 0 Å². The van der Waals surface area contributed by atoms with Crippen LogP contribution in [0.5, 0.6) is 0 Å². The van der Waals surface area contributed by atoms with E-state index in [1.165, 1.54) is 54.9 Å². The number of hydrogen-bond donors (Lipinski definition) is 0. The van der Waals surface area contributed by atoms with Crippen LogP contribution in [0, 0.1) is 20.8 Å². The van der Waals surface area contributed by atoms with E-state index < -0.39 is 5.96 Å². The van der Waals surface area contributed by atoms with E-state index in [1.807, 2.05) is 0 Å². The summed E-state index contributed by atoms with van der Waals surface area (Å²) in [6.45, 7) is 18.1. The molecular formula is C31H36ClP. The summed E-state index contributed by atoms with van der Waals surface area (Å²) in [6.07, 6.45) is 0. The second-order valence-corrected chi connectivity index (χ2v) is 16.6. The van der Waals surface area contributed by atoms with Crippen LogP contribution in [0.15, 0.2) is 95.1 Å². The van der Waals surface area contributed by atoms with E-state index in [0.717, 1.165) is 0 Å². The van der Waals surface area contributed by atoms with Crippen molar-refractivity contribution >= 4 is 33.1 Å². The Kier molecular flexibility index (Phi) is 5.80. The topological polar surface area (TPSA) is 0 Å². The zero-order chi connectivity index (χ0) is 24.2. The van der Waals surface area contributed by atoms with Gasteiger partial charge in [-0.2, -0.15) is 0 Å². The van der Waals surface area contributed by atoms with E-state index in [-0.39, 0.29) is 5.16 Å². The fourth-order valence-corrected chi connectivity index (χ4v) is 14.3. The molecule has 1 aliphatic rings. The van der Waals surface area contributed by atoms with E-state index in [9.17, 15) is 0 Å². The molecular weight excluding hydrogens is 439 g/mol. The SMILES string of the molecule is CC1=C(C)C(C)(P(Cl)(c2cccc(C)c2)(c2cccc(C)c2)c2cccc(C)c2)C(C)=C1C. The molecule has 0 radical (unpaired) electrons. The van der Waals surface area contributed by atoms with Gasteiger partial charge in [0.15, 0.2) is 0 Å². The summed E-state index contributed by atoms with van der Waals surface area (Å²) in [5, 5.41) is 3.36. The molecule has 0 spiro atoms. The van der Waals surface area contributed by atoms with Gasteiger partial charge in [0.25, 0.3) is 0 Å². The second-order valence-electron chi connectivity index (χ2n) is 10.1. The van der Waals surface area contributed by atoms with Crippen molar-refractivity contribution in [3.8, 4) is 0 Å². The van der Waals surface area contributed by atoms with Crippen LogP contribution < -0.4 is 15.9 Å². The number of aryl methyl sites for hydroxylation is 3. The first-order chi connectivity index (χ1) is 15.5. The monoisotopic (exact) mass is 474 g/mol. The normalized spacial score (nSPS) is 17.3. The summed E-state index contributed by atoms with van der Waals surface area (Å²) in [5.74, 6) is -3.60. The van der Waals surface area contributed by atoms with E-state index in [0.29, 0.717) is 0 Å². The zero-order valence-corrected chi connectivity index (χ0v) is 22.9. The summed E-state index contributed by atoms with van der Waals surface area (Å²) < 4.78 is 0. The van der Waals surface area contributed by atoms with Crippen LogP contribution in [0.1, 0.15) is 51.3 Å². The Labute approximate surface area is 205 Å². The van der Waals surface area contributed by atoms with Gasteiger partial charge < -0.3 is 0 Å². The maximum atomic E-state index is 8.72. The third kappa shape index (κ3) is 3.00. The number of allylic oxidation sites excluding steroid dienone is 4. The van der Waals surface area contributed by atoms with Crippen LogP contribution in [-0.4, -0.2) is 5.16 Å².